The van der Waals surface area contributed by atoms with E-state index in [-0.39, 0.29) is 0 Å². The van der Waals surface area contributed by atoms with Gasteiger partial charge in [-0.25, -0.2) is 4.98 Å². The van der Waals surface area contributed by atoms with Gasteiger partial charge in [0.2, 0.25) is 0 Å². The highest BCUT2D eigenvalue weighted by molar-refractivity contribution is 7.85. The summed E-state index contributed by atoms with van der Waals surface area (Å²) in [6.45, 7) is 0. The molecule has 0 spiro atoms. The fourth-order valence-electron chi connectivity index (χ4n) is 6.46. The molecule has 0 aliphatic carbocycles. The smallest absolute Gasteiger partial charge is 0.171 e. The Bertz CT molecular complexity index is 2310. The van der Waals surface area contributed by atoms with Gasteiger partial charge in [-0.15, -0.1) is 0 Å². The maximum absolute atomic E-state index is 15.3. The van der Waals surface area contributed by atoms with Crippen LogP contribution < -0.4 is 15.9 Å². The highest BCUT2D eigenvalue weighted by atomic mass is 31.2. The topological polar surface area (TPSA) is 30.0 Å². The summed E-state index contributed by atoms with van der Waals surface area (Å²) in [5.74, 6) is 0. The molecule has 208 valence electrons. The van der Waals surface area contributed by atoms with Crippen molar-refractivity contribution in [3.05, 3.63) is 170 Å². The monoisotopic (exact) mass is 581 g/mol. The van der Waals surface area contributed by atoms with Crippen LogP contribution in [0, 0.1) is 0 Å². The Morgan fingerprint density at radius 2 is 0.932 bits per heavy atom. The molecule has 8 aromatic rings. The van der Waals surface area contributed by atoms with Crippen LogP contribution in [0.5, 0.6) is 0 Å². The molecule has 3 heteroatoms. The fraction of sp³-hybridized carbons (Fsp3) is 0. The van der Waals surface area contributed by atoms with E-state index in [0.29, 0.717) is 0 Å². The number of pyridine rings is 1. The summed E-state index contributed by atoms with van der Waals surface area (Å²) in [4.78, 5) is 5.21. The number of rotatable bonds is 5. The Morgan fingerprint density at radius 1 is 0.409 bits per heavy atom. The number of fused-ring (bicyclic) bond motifs is 5. The van der Waals surface area contributed by atoms with Gasteiger partial charge in [-0.2, -0.15) is 0 Å². The zero-order chi connectivity index (χ0) is 29.5. The third-order valence-corrected chi connectivity index (χ3v) is 11.6. The second-order valence-electron chi connectivity index (χ2n) is 11.1. The molecule has 0 N–H and O–H groups in total. The van der Waals surface area contributed by atoms with E-state index in [1.54, 1.807) is 0 Å². The highest BCUT2D eigenvalue weighted by Crippen LogP contribution is 2.45. The standard InChI is InChI=1S/C41H28NOP/c43-44(31-18-6-2-7-19-31,32-20-8-3-9-21-32)33-22-14-17-30(27-33)37-28-38-40(35-24-11-10-23-34(35)37)36-25-12-13-26-39(36)42-41(38)29-15-4-1-5-16-29/h1-28H. The van der Waals surface area contributed by atoms with E-state index in [2.05, 4.69) is 91.0 Å². The van der Waals surface area contributed by atoms with Gasteiger partial charge >= 0.3 is 0 Å². The Labute approximate surface area is 256 Å². The molecule has 0 saturated heterocycles. The second-order valence-corrected chi connectivity index (χ2v) is 13.8. The van der Waals surface area contributed by atoms with E-state index < -0.39 is 7.14 Å². The molecule has 0 bridgehead atoms. The highest BCUT2D eigenvalue weighted by Gasteiger charge is 2.30. The van der Waals surface area contributed by atoms with Crippen LogP contribution in [0.2, 0.25) is 0 Å². The molecule has 8 rings (SSSR count). The third kappa shape index (κ3) is 4.27. The van der Waals surface area contributed by atoms with E-state index in [4.69, 9.17) is 4.98 Å². The molecule has 7 aromatic carbocycles. The van der Waals surface area contributed by atoms with Crippen molar-refractivity contribution >= 4 is 55.5 Å². The molecule has 0 amide bonds. The first-order valence-corrected chi connectivity index (χ1v) is 16.5. The van der Waals surface area contributed by atoms with Gasteiger partial charge < -0.3 is 4.57 Å². The Morgan fingerprint density at radius 3 is 1.61 bits per heavy atom. The molecular weight excluding hydrogens is 553 g/mol. The Balaban J connectivity index is 1.44. The Hall–Kier alpha value is -5.30. The number of hydrogen-bond acceptors (Lipinski definition) is 2. The first-order valence-electron chi connectivity index (χ1n) is 14.8. The molecular formula is C41H28NOP. The molecule has 44 heavy (non-hydrogen) atoms. The van der Waals surface area contributed by atoms with Gasteiger partial charge in [-0.3, -0.25) is 0 Å². The van der Waals surface area contributed by atoms with Gasteiger partial charge in [0.1, 0.15) is 0 Å². The van der Waals surface area contributed by atoms with Crippen LogP contribution in [0.1, 0.15) is 0 Å². The lowest BCUT2D eigenvalue weighted by atomic mass is 9.90. The predicted octanol–water partition coefficient (Wildman–Crippen LogP) is 9.51. The molecule has 2 nitrogen and oxygen atoms in total. The molecule has 1 aromatic heterocycles. The number of benzene rings is 7. The van der Waals surface area contributed by atoms with Crippen molar-refractivity contribution in [2.24, 2.45) is 0 Å². The van der Waals surface area contributed by atoms with Gasteiger partial charge in [0, 0.05) is 37.6 Å². The number of para-hydroxylation sites is 1. The largest absolute Gasteiger partial charge is 0.309 e. The third-order valence-electron chi connectivity index (χ3n) is 8.51. The van der Waals surface area contributed by atoms with Crippen molar-refractivity contribution < 1.29 is 4.57 Å². The summed E-state index contributed by atoms with van der Waals surface area (Å²) in [5, 5.41) is 8.24. The molecule has 0 radical (unpaired) electrons. The molecule has 0 aliphatic heterocycles. The van der Waals surface area contributed by atoms with E-state index >= 15 is 4.57 Å². The predicted molar refractivity (Wildman–Crippen MR) is 187 cm³/mol. The lowest BCUT2D eigenvalue weighted by molar-refractivity contribution is 0.592. The zero-order valence-electron chi connectivity index (χ0n) is 24.0. The van der Waals surface area contributed by atoms with Crippen molar-refractivity contribution in [2.45, 2.75) is 0 Å². The summed E-state index contributed by atoms with van der Waals surface area (Å²) in [6.07, 6.45) is 0. The quantitative estimate of drug-likeness (QED) is 0.150. The van der Waals surface area contributed by atoms with Gasteiger partial charge in [-0.1, -0.05) is 152 Å². The van der Waals surface area contributed by atoms with Crippen molar-refractivity contribution in [1.29, 1.82) is 0 Å². The molecule has 0 saturated carbocycles. The summed E-state index contributed by atoms with van der Waals surface area (Å²) in [7, 11) is -3.13. The molecule has 0 fully saturated rings. The first-order chi connectivity index (χ1) is 21.7. The van der Waals surface area contributed by atoms with Crippen molar-refractivity contribution in [2.75, 3.05) is 0 Å². The summed E-state index contributed by atoms with van der Waals surface area (Å²) < 4.78 is 15.3. The normalized spacial score (nSPS) is 11.7. The van der Waals surface area contributed by atoms with Crippen LogP contribution in [-0.4, -0.2) is 4.98 Å². The maximum atomic E-state index is 15.3. The summed E-state index contributed by atoms with van der Waals surface area (Å²) in [6, 6.07) is 57.8. The van der Waals surface area contributed by atoms with Crippen molar-refractivity contribution in [3.8, 4) is 22.4 Å². The van der Waals surface area contributed by atoms with Crippen LogP contribution in [0.4, 0.5) is 0 Å². The van der Waals surface area contributed by atoms with E-state index in [9.17, 15) is 0 Å². The van der Waals surface area contributed by atoms with E-state index in [0.717, 1.165) is 60.0 Å². The lowest BCUT2D eigenvalue weighted by Crippen LogP contribution is -2.25. The average Bonchev–Trinajstić information content (AvgIpc) is 3.11. The van der Waals surface area contributed by atoms with Crippen molar-refractivity contribution in [3.63, 3.8) is 0 Å². The van der Waals surface area contributed by atoms with Gasteiger partial charge in [0.05, 0.1) is 11.2 Å². The molecule has 0 aliphatic rings. The molecule has 1 heterocycles. The first kappa shape index (κ1) is 26.3. The SMILES string of the molecule is O=P(c1ccccc1)(c1ccccc1)c1cccc(-c2cc3c(-c4ccccc4)nc4ccccc4c3c3ccccc23)c1. The van der Waals surface area contributed by atoms with Crippen LogP contribution in [-0.2, 0) is 4.57 Å². The minimum absolute atomic E-state index is 0.816. The maximum Gasteiger partial charge on any atom is 0.171 e. The minimum Gasteiger partial charge on any atom is -0.309 e. The van der Waals surface area contributed by atoms with Crippen molar-refractivity contribution in [1.82, 2.24) is 4.98 Å². The second kappa shape index (κ2) is 10.8. The number of aromatic nitrogens is 1. The Kier molecular flexibility index (Phi) is 6.44. The van der Waals surface area contributed by atoms with Crippen LogP contribution in [0.3, 0.4) is 0 Å². The number of hydrogen-bond donors (Lipinski definition) is 0. The van der Waals surface area contributed by atoms with Gasteiger partial charge in [0.25, 0.3) is 0 Å². The van der Waals surface area contributed by atoms with E-state index in [1.165, 1.54) is 10.8 Å². The van der Waals surface area contributed by atoms with Crippen LogP contribution in [0.25, 0.3) is 54.8 Å². The van der Waals surface area contributed by atoms with Crippen LogP contribution in [0.15, 0.2) is 170 Å². The zero-order valence-corrected chi connectivity index (χ0v) is 24.9. The van der Waals surface area contributed by atoms with Crippen LogP contribution >= 0.6 is 7.14 Å². The fourth-order valence-corrected chi connectivity index (χ4v) is 9.16. The average molecular weight is 582 g/mol. The molecule has 0 atom stereocenters. The van der Waals surface area contributed by atoms with Gasteiger partial charge in [0.15, 0.2) is 7.14 Å². The minimum atomic E-state index is -3.13. The summed E-state index contributed by atoms with van der Waals surface area (Å²) >= 11 is 0. The number of nitrogens with zero attached hydrogens (tertiary/aromatic N) is 1. The molecule has 0 unspecified atom stereocenters. The van der Waals surface area contributed by atoms with Gasteiger partial charge in [-0.05, 0) is 40.1 Å². The lowest BCUT2D eigenvalue weighted by Gasteiger charge is -2.21. The van der Waals surface area contributed by atoms with E-state index in [1.807, 2.05) is 78.9 Å². The summed E-state index contributed by atoms with van der Waals surface area (Å²) in [5.41, 5.74) is 5.14.